The summed E-state index contributed by atoms with van der Waals surface area (Å²) in [6.07, 6.45) is -2.87. The van der Waals surface area contributed by atoms with Crippen LogP contribution in [-0.4, -0.2) is 11.2 Å². The molecule has 0 spiro atoms. The highest BCUT2D eigenvalue weighted by Crippen LogP contribution is 2.26. The Kier molecular flexibility index (Phi) is 5.10. The predicted octanol–water partition coefficient (Wildman–Crippen LogP) is 2.94. The van der Waals surface area contributed by atoms with Gasteiger partial charge in [-0.25, -0.2) is 0 Å². The second-order valence-corrected chi connectivity index (χ2v) is 4.44. The van der Waals surface area contributed by atoms with Crippen LogP contribution in [0.2, 0.25) is 0 Å². The maximum atomic E-state index is 12.1. The largest absolute Gasteiger partial charge is 0.389 e. The van der Waals surface area contributed by atoms with Crippen LogP contribution >= 0.6 is 0 Å². The molecule has 0 bridgehead atoms. The summed E-state index contributed by atoms with van der Waals surface area (Å²) in [5, 5.41) is 0. The van der Waals surface area contributed by atoms with Gasteiger partial charge >= 0.3 is 6.18 Å². The SMILES string of the molecule is Cc1cnc(C(CCCC(F)(F)F)NN)c(C)c1. The average molecular weight is 261 g/mol. The van der Waals surface area contributed by atoms with Crippen LogP contribution in [0.5, 0.6) is 0 Å². The summed E-state index contributed by atoms with van der Waals surface area (Å²) in [6, 6.07) is 1.60. The second kappa shape index (κ2) is 6.15. The number of hydrogen-bond donors (Lipinski definition) is 2. The lowest BCUT2D eigenvalue weighted by Gasteiger charge is -2.18. The Hall–Kier alpha value is -1.14. The molecule has 0 saturated heterocycles. The van der Waals surface area contributed by atoms with Gasteiger partial charge in [0.15, 0.2) is 0 Å². The smallest absolute Gasteiger partial charge is 0.271 e. The van der Waals surface area contributed by atoms with E-state index in [9.17, 15) is 13.2 Å². The number of nitrogens with two attached hydrogens (primary N) is 1. The van der Waals surface area contributed by atoms with E-state index >= 15 is 0 Å². The normalized spacial score (nSPS) is 13.7. The van der Waals surface area contributed by atoms with Crippen molar-refractivity contribution in [2.75, 3.05) is 0 Å². The van der Waals surface area contributed by atoms with E-state index in [0.717, 1.165) is 11.1 Å². The van der Waals surface area contributed by atoms with E-state index in [1.54, 1.807) is 6.20 Å². The summed E-state index contributed by atoms with van der Waals surface area (Å²) in [5.41, 5.74) is 5.20. The zero-order chi connectivity index (χ0) is 13.8. The number of nitrogens with one attached hydrogen (secondary N) is 1. The molecule has 18 heavy (non-hydrogen) atoms. The molecule has 3 N–H and O–H groups in total. The monoisotopic (exact) mass is 261 g/mol. The summed E-state index contributed by atoms with van der Waals surface area (Å²) in [6.45, 7) is 3.79. The molecule has 0 aromatic carbocycles. The number of alkyl halides is 3. The number of pyridine rings is 1. The van der Waals surface area contributed by atoms with Gasteiger partial charge in [-0.3, -0.25) is 16.3 Å². The maximum absolute atomic E-state index is 12.1. The molecule has 0 aliphatic heterocycles. The van der Waals surface area contributed by atoms with Gasteiger partial charge in [0.25, 0.3) is 0 Å². The minimum absolute atomic E-state index is 0.0351. The average Bonchev–Trinajstić information content (AvgIpc) is 2.24. The van der Waals surface area contributed by atoms with E-state index in [1.165, 1.54) is 0 Å². The second-order valence-electron chi connectivity index (χ2n) is 4.44. The molecule has 0 amide bonds. The fraction of sp³-hybridized carbons (Fsp3) is 0.583. The molecule has 102 valence electrons. The van der Waals surface area contributed by atoms with E-state index in [2.05, 4.69) is 10.4 Å². The Labute approximate surface area is 105 Å². The summed E-state index contributed by atoms with van der Waals surface area (Å²) < 4.78 is 36.2. The number of nitrogens with zero attached hydrogens (tertiary/aromatic N) is 1. The van der Waals surface area contributed by atoms with Crippen molar-refractivity contribution in [3.63, 3.8) is 0 Å². The Morgan fingerprint density at radius 2 is 2.06 bits per heavy atom. The summed E-state index contributed by atoms with van der Waals surface area (Å²) in [4.78, 5) is 4.24. The van der Waals surface area contributed by atoms with Crippen molar-refractivity contribution in [3.8, 4) is 0 Å². The maximum Gasteiger partial charge on any atom is 0.389 e. The quantitative estimate of drug-likeness (QED) is 0.633. The van der Waals surface area contributed by atoms with Crippen molar-refractivity contribution in [1.82, 2.24) is 10.4 Å². The molecule has 1 heterocycles. The van der Waals surface area contributed by atoms with E-state index in [-0.39, 0.29) is 12.5 Å². The first-order valence-corrected chi connectivity index (χ1v) is 5.79. The van der Waals surface area contributed by atoms with Crippen LogP contribution in [0.4, 0.5) is 13.2 Å². The highest BCUT2D eigenvalue weighted by molar-refractivity contribution is 5.25. The van der Waals surface area contributed by atoms with Gasteiger partial charge < -0.3 is 0 Å². The zero-order valence-electron chi connectivity index (χ0n) is 10.5. The lowest BCUT2D eigenvalue weighted by atomic mass is 10.0. The van der Waals surface area contributed by atoms with Gasteiger partial charge in [-0.1, -0.05) is 6.07 Å². The van der Waals surface area contributed by atoms with Gasteiger partial charge in [0.2, 0.25) is 0 Å². The van der Waals surface area contributed by atoms with E-state index in [1.807, 2.05) is 19.9 Å². The van der Waals surface area contributed by atoms with Crippen molar-refractivity contribution in [2.24, 2.45) is 5.84 Å². The first-order chi connectivity index (χ1) is 8.33. The standard InChI is InChI=1S/C12H18F3N3/c1-8-6-9(2)11(17-7-8)10(18-16)4-3-5-12(13,14)15/h6-7,10,18H,3-5,16H2,1-2H3. The third-order valence-corrected chi connectivity index (χ3v) is 2.74. The van der Waals surface area contributed by atoms with Crippen LogP contribution < -0.4 is 11.3 Å². The Balaban J connectivity index is 2.66. The third-order valence-electron chi connectivity index (χ3n) is 2.74. The Morgan fingerprint density at radius 3 is 2.56 bits per heavy atom. The van der Waals surface area contributed by atoms with Crippen LogP contribution in [0, 0.1) is 13.8 Å². The van der Waals surface area contributed by atoms with Gasteiger partial charge in [-0.15, -0.1) is 0 Å². The van der Waals surface area contributed by atoms with E-state index < -0.39 is 12.6 Å². The fourth-order valence-corrected chi connectivity index (χ4v) is 1.90. The number of rotatable bonds is 5. The molecule has 0 aliphatic rings. The molecule has 0 radical (unpaired) electrons. The van der Waals surface area contributed by atoms with Crippen molar-refractivity contribution in [3.05, 3.63) is 29.1 Å². The van der Waals surface area contributed by atoms with Crippen molar-refractivity contribution < 1.29 is 13.2 Å². The molecular weight excluding hydrogens is 243 g/mol. The van der Waals surface area contributed by atoms with Gasteiger partial charge in [0.1, 0.15) is 0 Å². The number of halogens is 3. The van der Waals surface area contributed by atoms with Crippen LogP contribution in [-0.2, 0) is 0 Å². The van der Waals surface area contributed by atoms with Gasteiger partial charge in [0.05, 0.1) is 11.7 Å². The van der Waals surface area contributed by atoms with E-state index in [0.29, 0.717) is 12.1 Å². The molecule has 0 fully saturated rings. The highest BCUT2D eigenvalue weighted by atomic mass is 19.4. The van der Waals surface area contributed by atoms with Crippen molar-refractivity contribution in [2.45, 2.75) is 45.3 Å². The molecule has 0 aliphatic carbocycles. The number of aromatic nitrogens is 1. The van der Waals surface area contributed by atoms with Gasteiger partial charge in [0, 0.05) is 12.6 Å². The molecule has 1 aromatic rings. The van der Waals surface area contributed by atoms with Crippen molar-refractivity contribution >= 4 is 0 Å². The molecule has 1 atom stereocenters. The molecule has 1 unspecified atom stereocenters. The number of hydrazine groups is 1. The molecule has 3 nitrogen and oxygen atoms in total. The number of hydrogen-bond acceptors (Lipinski definition) is 3. The number of aryl methyl sites for hydroxylation is 2. The minimum atomic E-state index is -4.12. The predicted molar refractivity (Wildman–Crippen MR) is 63.7 cm³/mol. The summed E-state index contributed by atoms with van der Waals surface area (Å²) >= 11 is 0. The molecular formula is C12H18F3N3. The lowest BCUT2D eigenvalue weighted by Crippen LogP contribution is -2.29. The molecule has 6 heteroatoms. The van der Waals surface area contributed by atoms with Gasteiger partial charge in [-0.2, -0.15) is 13.2 Å². The van der Waals surface area contributed by atoms with Crippen LogP contribution in [0.1, 0.15) is 42.1 Å². The fourth-order valence-electron chi connectivity index (χ4n) is 1.90. The summed E-state index contributed by atoms with van der Waals surface area (Å²) in [7, 11) is 0. The first-order valence-electron chi connectivity index (χ1n) is 5.79. The van der Waals surface area contributed by atoms with Crippen LogP contribution in [0.25, 0.3) is 0 Å². The summed E-state index contributed by atoms with van der Waals surface area (Å²) in [5.74, 6) is 5.39. The zero-order valence-corrected chi connectivity index (χ0v) is 10.5. The van der Waals surface area contributed by atoms with Crippen molar-refractivity contribution in [1.29, 1.82) is 0 Å². The van der Waals surface area contributed by atoms with Gasteiger partial charge in [-0.05, 0) is 37.8 Å². The van der Waals surface area contributed by atoms with Crippen LogP contribution in [0.15, 0.2) is 12.3 Å². The lowest BCUT2D eigenvalue weighted by molar-refractivity contribution is -0.135. The minimum Gasteiger partial charge on any atom is -0.271 e. The molecule has 1 rings (SSSR count). The third kappa shape index (κ3) is 4.62. The molecule has 1 aromatic heterocycles. The molecule has 0 saturated carbocycles. The highest BCUT2D eigenvalue weighted by Gasteiger charge is 2.27. The van der Waals surface area contributed by atoms with Crippen LogP contribution in [0.3, 0.4) is 0 Å². The van der Waals surface area contributed by atoms with E-state index in [4.69, 9.17) is 5.84 Å². The Bertz CT molecular complexity index is 391. The Morgan fingerprint density at radius 1 is 1.39 bits per heavy atom. The topological polar surface area (TPSA) is 50.9 Å². The first kappa shape index (κ1) is 14.9.